The zero-order chi connectivity index (χ0) is 14.9. The van der Waals surface area contributed by atoms with Crippen molar-refractivity contribution in [2.45, 2.75) is 25.9 Å². The fourth-order valence-corrected chi connectivity index (χ4v) is 1.91. The van der Waals surface area contributed by atoms with E-state index in [0.29, 0.717) is 6.61 Å². The maximum Gasteiger partial charge on any atom is 0.149 e. The molecule has 2 aromatic rings. The normalized spacial score (nSPS) is 11.3. The third-order valence-electron chi connectivity index (χ3n) is 3.09. The van der Waals surface area contributed by atoms with E-state index in [1.54, 1.807) is 0 Å². The van der Waals surface area contributed by atoms with Crippen LogP contribution >= 0.6 is 0 Å². The summed E-state index contributed by atoms with van der Waals surface area (Å²) in [6.45, 7) is 2.19. The van der Waals surface area contributed by atoms with Gasteiger partial charge in [0.15, 0.2) is 0 Å². The molecule has 0 aliphatic carbocycles. The fourth-order valence-electron chi connectivity index (χ4n) is 1.91. The summed E-state index contributed by atoms with van der Waals surface area (Å²) in [5.74, 6) is 6.87. The van der Waals surface area contributed by atoms with E-state index < -0.39 is 0 Å². The Morgan fingerprint density at radius 2 is 1.76 bits per heavy atom. The molecule has 2 rings (SSSR count). The van der Waals surface area contributed by atoms with E-state index in [1.807, 2.05) is 61.5 Å². The Kier molecular flexibility index (Phi) is 5.87. The van der Waals surface area contributed by atoms with E-state index in [4.69, 9.17) is 4.74 Å². The number of hydrogen-bond donors (Lipinski definition) is 1. The van der Waals surface area contributed by atoms with Crippen LogP contribution in [0.2, 0.25) is 0 Å². The first-order chi connectivity index (χ1) is 10.2. The quantitative estimate of drug-likeness (QED) is 0.850. The number of benzene rings is 2. The molecular weight excluding hydrogens is 260 g/mol. The Morgan fingerprint density at radius 1 is 1.05 bits per heavy atom. The van der Waals surface area contributed by atoms with Gasteiger partial charge in [-0.1, -0.05) is 42.2 Å². The van der Waals surface area contributed by atoms with Crippen molar-refractivity contribution in [3.05, 3.63) is 65.7 Å². The van der Waals surface area contributed by atoms with Crippen LogP contribution in [-0.2, 0) is 6.42 Å². The number of aliphatic hydroxyl groups is 1. The van der Waals surface area contributed by atoms with Crippen LogP contribution < -0.4 is 4.74 Å². The third kappa shape index (κ3) is 5.72. The molecule has 1 atom stereocenters. The number of rotatable bonds is 5. The third-order valence-corrected chi connectivity index (χ3v) is 3.09. The predicted molar refractivity (Wildman–Crippen MR) is 85.3 cm³/mol. The van der Waals surface area contributed by atoms with Crippen molar-refractivity contribution < 1.29 is 9.84 Å². The average Bonchev–Trinajstić information content (AvgIpc) is 2.52. The largest absolute Gasteiger partial charge is 0.481 e. The molecule has 0 aliphatic heterocycles. The molecule has 1 N–H and O–H groups in total. The molecule has 0 amide bonds. The van der Waals surface area contributed by atoms with Crippen molar-refractivity contribution in [2.24, 2.45) is 0 Å². The predicted octanol–water partition coefficient (Wildman–Crippen LogP) is 3.43. The van der Waals surface area contributed by atoms with Gasteiger partial charge in [0, 0.05) is 5.56 Å². The summed E-state index contributed by atoms with van der Waals surface area (Å²) in [5, 5.41) is 9.27. The first-order valence-corrected chi connectivity index (χ1v) is 7.18. The highest BCUT2D eigenvalue weighted by molar-refractivity contribution is 5.34. The first-order valence-electron chi connectivity index (χ1n) is 7.18. The summed E-state index contributed by atoms with van der Waals surface area (Å²) in [6, 6.07) is 17.8. The Balaban J connectivity index is 1.80. The van der Waals surface area contributed by atoms with Crippen LogP contribution in [0.1, 0.15) is 24.5 Å². The minimum Gasteiger partial charge on any atom is -0.481 e. The van der Waals surface area contributed by atoms with Gasteiger partial charge in [0.1, 0.15) is 12.4 Å². The van der Waals surface area contributed by atoms with Crippen LogP contribution in [0.15, 0.2) is 54.6 Å². The molecule has 0 bridgehead atoms. The molecule has 0 saturated heterocycles. The van der Waals surface area contributed by atoms with Crippen molar-refractivity contribution in [1.82, 2.24) is 0 Å². The molecule has 0 heterocycles. The second-order valence-electron chi connectivity index (χ2n) is 4.99. The summed E-state index contributed by atoms with van der Waals surface area (Å²) < 4.78 is 5.59. The van der Waals surface area contributed by atoms with Crippen LogP contribution in [0.25, 0.3) is 0 Å². The summed E-state index contributed by atoms with van der Waals surface area (Å²) >= 11 is 0. The van der Waals surface area contributed by atoms with Gasteiger partial charge in [0.25, 0.3) is 0 Å². The van der Waals surface area contributed by atoms with E-state index >= 15 is 0 Å². The molecule has 0 saturated carbocycles. The van der Waals surface area contributed by atoms with Crippen molar-refractivity contribution in [2.75, 3.05) is 6.61 Å². The van der Waals surface area contributed by atoms with Gasteiger partial charge >= 0.3 is 0 Å². The lowest BCUT2D eigenvalue weighted by atomic mass is 10.1. The van der Waals surface area contributed by atoms with Gasteiger partial charge in [-0.2, -0.15) is 0 Å². The highest BCUT2D eigenvalue weighted by Gasteiger charge is 1.98. The summed E-state index contributed by atoms with van der Waals surface area (Å²) in [6.07, 6.45) is 1.41. The lowest BCUT2D eigenvalue weighted by Gasteiger charge is -2.06. The van der Waals surface area contributed by atoms with Gasteiger partial charge in [-0.3, -0.25) is 0 Å². The summed E-state index contributed by atoms with van der Waals surface area (Å²) in [7, 11) is 0. The van der Waals surface area contributed by atoms with E-state index in [2.05, 4.69) is 11.8 Å². The molecular formula is C19H20O2. The first kappa shape index (κ1) is 15.2. The number of aliphatic hydroxyl groups excluding tert-OH is 1. The molecule has 0 spiro atoms. The van der Waals surface area contributed by atoms with E-state index in [9.17, 15) is 5.11 Å². The van der Waals surface area contributed by atoms with Gasteiger partial charge in [-0.15, -0.1) is 0 Å². The lowest BCUT2D eigenvalue weighted by Crippen LogP contribution is -2.01. The Bertz CT molecular complexity index is 589. The second kappa shape index (κ2) is 8.14. The molecule has 2 aromatic carbocycles. The van der Waals surface area contributed by atoms with Gasteiger partial charge in [0.2, 0.25) is 0 Å². The van der Waals surface area contributed by atoms with Crippen molar-refractivity contribution in [3.8, 4) is 17.6 Å². The minimum atomic E-state index is -0.255. The SMILES string of the molecule is CC(O)CCc1ccc(OCC#Cc2ccccc2)cc1. The van der Waals surface area contributed by atoms with Gasteiger partial charge < -0.3 is 9.84 Å². The average molecular weight is 280 g/mol. The number of aryl methyl sites for hydroxylation is 1. The smallest absolute Gasteiger partial charge is 0.149 e. The maximum atomic E-state index is 9.27. The molecule has 0 radical (unpaired) electrons. The monoisotopic (exact) mass is 280 g/mol. The van der Waals surface area contributed by atoms with Crippen LogP contribution in [0.3, 0.4) is 0 Å². The molecule has 2 nitrogen and oxygen atoms in total. The highest BCUT2D eigenvalue weighted by atomic mass is 16.5. The van der Waals surface area contributed by atoms with E-state index in [-0.39, 0.29) is 6.10 Å². The van der Waals surface area contributed by atoms with Crippen LogP contribution in [0.5, 0.6) is 5.75 Å². The van der Waals surface area contributed by atoms with E-state index in [0.717, 1.165) is 24.2 Å². The minimum absolute atomic E-state index is 0.255. The summed E-state index contributed by atoms with van der Waals surface area (Å²) in [4.78, 5) is 0. The molecule has 0 aliphatic rings. The van der Waals surface area contributed by atoms with Crippen molar-refractivity contribution in [1.29, 1.82) is 0 Å². The Morgan fingerprint density at radius 3 is 2.43 bits per heavy atom. The van der Waals surface area contributed by atoms with Crippen LogP contribution in [0.4, 0.5) is 0 Å². The standard InChI is InChI=1S/C19H20O2/c1-16(20)9-10-18-11-13-19(14-12-18)21-15-5-8-17-6-3-2-4-7-17/h2-4,6-7,11-14,16,20H,9-10,15H2,1H3. The zero-order valence-electron chi connectivity index (χ0n) is 12.3. The lowest BCUT2D eigenvalue weighted by molar-refractivity contribution is 0.185. The van der Waals surface area contributed by atoms with Crippen molar-refractivity contribution >= 4 is 0 Å². The number of ether oxygens (including phenoxy) is 1. The molecule has 108 valence electrons. The highest BCUT2D eigenvalue weighted by Crippen LogP contribution is 2.13. The van der Waals surface area contributed by atoms with E-state index in [1.165, 1.54) is 5.56 Å². The van der Waals surface area contributed by atoms with Crippen molar-refractivity contribution in [3.63, 3.8) is 0 Å². The topological polar surface area (TPSA) is 29.5 Å². The summed E-state index contributed by atoms with van der Waals surface area (Å²) in [5.41, 5.74) is 2.20. The van der Waals surface area contributed by atoms with Crippen LogP contribution in [-0.4, -0.2) is 17.8 Å². The number of hydrogen-bond acceptors (Lipinski definition) is 2. The molecule has 2 heteroatoms. The fraction of sp³-hybridized carbons (Fsp3) is 0.263. The van der Waals surface area contributed by atoms with Gasteiger partial charge in [0.05, 0.1) is 6.10 Å². The molecule has 1 unspecified atom stereocenters. The van der Waals surface area contributed by atoms with Gasteiger partial charge in [-0.25, -0.2) is 0 Å². The zero-order valence-corrected chi connectivity index (χ0v) is 12.3. The Labute approximate surface area is 126 Å². The molecule has 21 heavy (non-hydrogen) atoms. The van der Waals surface area contributed by atoms with Gasteiger partial charge in [-0.05, 0) is 49.6 Å². The van der Waals surface area contributed by atoms with Crippen LogP contribution in [0, 0.1) is 11.8 Å². The second-order valence-corrected chi connectivity index (χ2v) is 4.99. The molecule has 0 aromatic heterocycles. The molecule has 0 fully saturated rings. The Hall–Kier alpha value is -2.24. The maximum absolute atomic E-state index is 9.27.